The maximum atomic E-state index is 12.9. The Morgan fingerprint density at radius 1 is 1.08 bits per heavy atom. The lowest BCUT2D eigenvalue weighted by Crippen LogP contribution is -2.11. The van der Waals surface area contributed by atoms with Gasteiger partial charge in [0, 0.05) is 18.7 Å². The minimum atomic E-state index is -3.66. The van der Waals surface area contributed by atoms with Gasteiger partial charge in [-0.15, -0.1) is 11.8 Å². The van der Waals surface area contributed by atoms with E-state index in [1.54, 1.807) is 55.8 Å². The maximum absolute atomic E-state index is 12.9. The van der Waals surface area contributed by atoms with Crippen LogP contribution in [0.25, 0.3) is 10.9 Å². The van der Waals surface area contributed by atoms with Gasteiger partial charge in [-0.05, 0) is 36.6 Å². The van der Waals surface area contributed by atoms with Gasteiger partial charge < -0.3 is 9.47 Å². The van der Waals surface area contributed by atoms with Gasteiger partial charge in [-0.2, -0.15) is 0 Å². The number of hydrogen-bond donors (Lipinski definition) is 0. The predicted octanol–water partition coefficient (Wildman–Crippen LogP) is 3.58. The SMILES string of the molecule is COCOc1c(SC)ccc2c1ccn2S(=O)(=O)c1ccccc1. The highest BCUT2D eigenvalue weighted by Crippen LogP contribution is 2.37. The molecule has 126 valence electrons. The van der Waals surface area contributed by atoms with Gasteiger partial charge in [0.1, 0.15) is 5.75 Å². The molecule has 0 fully saturated rings. The molecule has 3 rings (SSSR count). The minimum Gasteiger partial charge on any atom is -0.466 e. The van der Waals surface area contributed by atoms with Crippen LogP contribution in [-0.2, 0) is 14.8 Å². The van der Waals surface area contributed by atoms with E-state index in [1.807, 2.05) is 12.3 Å². The first-order valence-corrected chi connectivity index (χ1v) is 9.86. The molecule has 0 saturated heterocycles. The van der Waals surface area contributed by atoms with Crippen LogP contribution in [-0.4, -0.2) is 32.5 Å². The van der Waals surface area contributed by atoms with E-state index in [2.05, 4.69) is 0 Å². The zero-order chi connectivity index (χ0) is 17.2. The first kappa shape index (κ1) is 16.9. The van der Waals surface area contributed by atoms with Gasteiger partial charge in [0.2, 0.25) is 0 Å². The third kappa shape index (κ3) is 2.90. The van der Waals surface area contributed by atoms with Crippen molar-refractivity contribution in [1.82, 2.24) is 3.97 Å². The van der Waals surface area contributed by atoms with E-state index >= 15 is 0 Å². The van der Waals surface area contributed by atoms with Gasteiger partial charge in [0.15, 0.2) is 6.79 Å². The van der Waals surface area contributed by atoms with E-state index in [4.69, 9.17) is 9.47 Å². The molecule has 0 bridgehead atoms. The van der Waals surface area contributed by atoms with Crippen LogP contribution in [0, 0.1) is 0 Å². The van der Waals surface area contributed by atoms with Crippen LogP contribution in [0.2, 0.25) is 0 Å². The van der Waals surface area contributed by atoms with Gasteiger partial charge in [-0.1, -0.05) is 18.2 Å². The highest BCUT2D eigenvalue weighted by atomic mass is 32.2. The quantitative estimate of drug-likeness (QED) is 0.495. The van der Waals surface area contributed by atoms with E-state index in [-0.39, 0.29) is 11.7 Å². The van der Waals surface area contributed by atoms with Crippen molar-refractivity contribution in [2.24, 2.45) is 0 Å². The Morgan fingerprint density at radius 2 is 1.83 bits per heavy atom. The average Bonchev–Trinajstić information content (AvgIpc) is 3.05. The van der Waals surface area contributed by atoms with Crippen molar-refractivity contribution < 1.29 is 17.9 Å². The number of benzene rings is 2. The lowest BCUT2D eigenvalue weighted by atomic mass is 10.2. The highest BCUT2D eigenvalue weighted by molar-refractivity contribution is 7.98. The summed E-state index contributed by atoms with van der Waals surface area (Å²) in [6, 6.07) is 13.8. The molecule has 0 amide bonds. The molecule has 1 aromatic heterocycles. The van der Waals surface area contributed by atoms with Crippen molar-refractivity contribution in [2.75, 3.05) is 20.2 Å². The van der Waals surface area contributed by atoms with Gasteiger partial charge >= 0.3 is 0 Å². The zero-order valence-corrected chi connectivity index (χ0v) is 14.9. The van der Waals surface area contributed by atoms with Crippen molar-refractivity contribution in [3.63, 3.8) is 0 Å². The number of hydrogen-bond acceptors (Lipinski definition) is 5. The standard InChI is InChI=1S/C17H17NO4S2/c1-21-12-22-17-14-10-11-18(15(14)8-9-16(17)23-2)24(19,20)13-6-4-3-5-7-13/h3-11H,12H2,1-2H3. The molecule has 1 heterocycles. The second-order valence-corrected chi connectivity index (χ2v) is 7.67. The van der Waals surface area contributed by atoms with Crippen molar-refractivity contribution >= 4 is 32.7 Å². The van der Waals surface area contributed by atoms with Gasteiger partial charge in [0.25, 0.3) is 10.0 Å². The fourth-order valence-electron chi connectivity index (χ4n) is 2.49. The molecule has 7 heteroatoms. The third-order valence-electron chi connectivity index (χ3n) is 3.59. The summed E-state index contributed by atoms with van der Waals surface area (Å²) in [4.78, 5) is 1.17. The Labute approximate surface area is 145 Å². The Kier molecular flexibility index (Phi) is 4.84. The van der Waals surface area contributed by atoms with Crippen molar-refractivity contribution in [1.29, 1.82) is 0 Å². The number of fused-ring (bicyclic) bond motifs is 1. The number of rotatable bonds is 6. The first-order valence-electron chi connectivity index (χ1n) is 7.20. The number of methoxy groups -OCH3 is 1. The van der Waals surface area contributed by atoms with Crippen molar-refractivity contribution in [2.45, 2.75) is 9.79 Å². The fourth-order valence-corrected chi connectivity index (χ4v) is 4.41. The molecule has 0 saturated carbocycles. The average molecular weight is 363 g/mol. The summed E-state index contributed by atoms with van der Waals surface area (Å²) in [5, 5.41) is 0.735. The van der Waals surface area contributed by atoms with Crippen LogP contribution in [0.4, 0.5) is 0 Å². The fraction of sp³-hybridized carbons (Fsp3) is 0.176. The lowest BCUT2D eigenvalue weighted by molar-refractivity contribution is 0.0503. The molecule has 0 spiro atoms. The third-order valence-corrected chi connectivity index (χ3v) is 6.06. The maximum Gasteiger partial charge on any atom is 0.268 e. The molecule has 5 nitrogen and oxygen atoms in total. The molecule has 0 aliphatic carbocycles. The molecule has 3 aromatic rings. The van der Waals surface area contributed by atoms with Crippen LogP contribution in [0.5, 0.6) is 5.75 Å². The highest BCUT2D eigenvalue weighted by Gasteiger charge is 2.21. The van der Waals surface area contributed by atoms with Gasteiger partial charge in [-0.3, -0.25) is 0 Å². The first-order chi connectivity index (χ1) is 11.6. The summed E-state index contributed by atoms with van der Waals surface area (Å²) in [6.45, 7) is 0.100. The molecule has 0 aliphatic rings. The normalized spacial score (nSPS) is 11.8. The zero-order valence-electron chi connectivity index (χ0n) is 13.3. The molecule has 0 radical (unpaired) electrons. The molecule has 0 aliphatic heterocycles. The number of thioether (sulfide) groups is 1. The number of ether oxygens (including phenoxy) is 2. The summed E-state index contributed by atoms with van der Waals surface area (Å²) in [7, 11) is -2.11. The van der Waals surface area contributed by atoms with Crippen LogP contribution in [0.1, 0.15) is 0 Å². The van der Waals surface area contributed by atoms with Crippen LogP contribution in [0.15, 0.2) is 64.5 Å². The summed E-state index contributed by atoms with van der Waals surface area (Å²) in [5.41, 5.74) is 0.572. The van der Waals surface area contributed by atoms with E-state index in [0.717, 1.165) is 10.3 Å². The van der Waals surface area contributed by atoms with Crippen LogP contribution < -0.4 is 4.74 Å². The molecule has 0 N–H and O–H groups in total. The Morgan fingerprint density at radius 3 is 2.50 bits per heavy atom. The molecule has 2 aromatic carbocycles. The van der Waals surface area contributed by atoms with E-state index in [1.165, 1.54) is 15.7 Å². The monoisotopic (exact) mass is 363 g/mol. The van der Waals surface area contributed by atoms with E-state index in [0.29, 0.717) is 11.3 Å². The summed E-state index contributed by atoms with van der Waals surface area (Å²) in [6.07, 6.45) is 3.50. The molecular formula is C17H17NO4S2. The topological polar surface area (TPSA) is 57.5 Å². The van der Waals surface area contributed by atoms with E-state index in [9.17, 15) is 8.42 Å². The summed E-state index contributed by atoms with van der Waals surface area (Å²) in [5.74, 6) is 0.629. The number of aromatic nitrogens is 1. The lowest BCUT2D eigenvalue weighted by Gasteiger charge is -2.12. The summed E-state index contributed by atoms with van der Waals surface area (Å²) < 4.78 is 37.7. The van der Waals surface area contributed by atoms with Crippen molar-refractivity contribution in [3.8, 4) is 5.75 Å². The smallest absolute Gasteiger partial charge is 0.268 e. The molecule has 0 atom stereocenters. The second kappa shape index (κ2) is 6.88. The van der Waals surface area contributed by atoms with Crippen LogP contribution >= 0.6 is 11.8 Å². The predicted molar refractivity (Wildman–Crippen MR) is 95.2 cm³/mol. The molecule has 24 heavy (non-hydrogen) atoms. The second-order valence-electron chi connectivity index (χ2n) is 5.01. The largest absolute Gasteiger partial charge is 0.466 e. The Bertz CT molecular complexity index is 949. The number of nitrogens with zero attached hydrogens (tertiary/aromatic N) is 1. The molecular weight excluding hydrogens is 346 g/mol. The van der Waals surface area contributed by atoms with E-state index < -0.39 is 10.0 Å². The Balaban J connectivity index is 2.18. The van der Waals surface area contributed by atoms with Crippen LogP contribution in [0.3, 0.4) is 0 Å². The van der Waals surface area contributed by atoms with Crippen molar-refractivity contribution in [3.05, 3.63) is 54.7 Å². The Hall–Kier alpha value is -1.96. The summed E-state index contributed by atoms with van der Waals surface area (Å²) >= 11 is 1.53. The van der Waals surface area contributed by atoms with Gasteiger partial charge in [0.05, 0.1) is 15.3 Å². The minimum absolute atomic E-state index is 0.100. The van der Waals surface area contributed by atoms with Gasteiger partial charge in [-0.25, -0.2) is 12.4 Å². The molecule has 0 unspecified atom stereocenters.